The minimum atomic E-state index is -0.357. The van der Waals surface area contributed by atoms with Gasteiger partial charge in [0.15, 0.2) is 0 Å². The van der Waals surface area contributed by atoms with Crippen molar-refractivity contribution in [3.05, 3.63) is 71.8 Å². The average molecular weight is 535 g/mol. The van der Waals surface area contributed by atoms with Crippen LogP contribution in [0.15, 0.2) is 60.7 Å². The first-order valence-corrected chi connectivity index (χ1v) is 18.9. The molecular formula is C30H47PS3. The molecule has 0 saturated carbocycles. The van der Waals surface area contributed by atoms with Crippen molar-refractivity contribution < 1.29 is 0 Å². The fraction of sp³-hybridized carbons (Fsp3) is 0.600. The molecule has 4 heteroatoms. The Hall–Kier alpha value is -0.0800. The van der Waals surface area contributed by atoms with E-state index in [1.807, 2.05) is 11.4 Å². The smallest absolute Gasteiger partial charge is 0.0666 e. The molecule has 0 nitrogen and oxygen atoms in total. The monoisotopic (exact) mass is 534 g/mol. The number of benzene rings is 2. The molecule has 0 heterocycles. The first-order chi connectivity index (χ1) is 16.8. The molecule has 0 aliphatic rings. The summed E-state index contributed by atoms with van der Waals surface area (Å²) in [5.74, 6) is 1.78. The number of thiol groups is 2. The third-order valence-corrected chi connectivity index (χ3v) is 10.8. The summed E-state index contributed by atoms with van der Waals surface area (Å²) in [6.07, 6.45) is 22.4. The van der Waals surface area contributed by atoms with Crippen LogP contribution in [0.1, 0.15) is 120 Å². The SMILES string of the molecule is SP(S)SCCCCCCCCCCCCCCCCCC(c1ccccc1)c1ccccc1. The summed E-state index contributed by atoms with van der Waals surface area (Å²) in [7, 11) is 0. The maximum absolute atomic E-state index is 4.35. The molecule has 34 heavy (non-hydrogen) atoms. The number of unbranched alkanes of at least 4 members (excludes halogenated alkanes) is 14. The molecule has 0 N–H and O–H groups in total. The fourth-order valence-corrected chi connectivity index (χ4v) is 7.63. The van der Waals surface area contributed by atoms with E-state index in [1.54, 1.807) is 0 Å². The van der Waals surface area contributed by atoms with E-state index in [9.17, 15) is 0 Å². The van der Waals surface area contributed by atoms with Gasteiger partial charge in [0.05, 0.1) is 5.53 Å². The van der Waals surface area contributed by atoms with Crippen LogP contribution in [0.5, 0.6) is 0 Å². The summed E-state index contributed by atoms with van der Waals surface area (Å²) in [5.41, 5.74) is 2.57. The van der Waals surface area contributed by atoms with Crippen molar-refractivity contribution in [1.29, 1.82) is 0 Å². The van der Waals surface area contributed by atoms with Gasteiger partial charge in [-0.15, -0.1) is 35.9 Å². The summed E-state index contributed by atoms with van der Waals surface area (Å²) < 4.78 is 0. The highest BCUT2D eigenvalue weighted by molar-refractivity contribution is 9.06. The van der Waals surface area contributed by atoms with Crippen LogP contribution in [0, 0.1) is 0 Å². The highest BCUT2D eigenvalue weighted by atomic mass is 33.3. The second kappa shape index (κ2) is 21.0. The van der Waals surface area contributed by atoms with Crippen LogP contribution in [0.4, 0.5) is 0 Å². The Morgan fingerprint density at radius 3 is 1.24 bits per heavy atom. The van der Waals surface area contributed by atoms with Gasteiger partial charge < -0.3 is 0 Å². The zero-order valence-electron chi connectivity index (χ0n) is 21.1. The first kappa shape index (κ1) is 30.1. The van der Waals surface area contributed by atoms with Crippen LogP contribution < -0.4 is 0 Å². The van der Waals surface area contributed by atoms with Crippen LogP contribution in [-0.2, 0) is 0 Å². The van der Waals surface area contributed by atoms with Gasteiger partial charge in [-0.3, -0.25) is 0 Å². The number of rotatable bonds is 21. The molecular weight excluding hydrogens is 488 g/mol. The summed E-state index contributed by atoms with van der Waals surface area (Å²) in [5, 5.41) is 0. The molecule has 0 amide bonds. The average Bonchev–Trinajstić information content (AvgIpc) is 2.86. The maximum atomic E-state index is 4.35. The predicted molar refractivity (Wildman–Crippen MR) is 166 cm³/mol. The second-order valence-electron chi connectivity index (χ2n) is 9.55. The Morgan fingerprint density at radius 2 is 0.853 bits per heavy atom. The molecule has 2 rings (SSSR count). The van der Waals surface area contributed by atoms with Crippen LogP contribution in [0.2, 0.25) is 0 Å². The van der Waals surface area contributed by atoms with E-state index in [0.717, 1.165) is 0 Å². The van der Waals surface area contributed by atoms with Crippen molar-refractivity contribution in [1.82, 2.24) is 0 Å². The Kier molecular flexibility index (Phi) is 18.7. The molecule has 0 aromatic heterocycles. The molecule has 0 atom stereocenters. The molecule has 0 bridgehead atoms. The van der Waals surface area contributed by atoms with Gasteiger partial charge in [0, 0.05) is 5.92 Å². The van der Waals surface area contributed by atoms with Gasteiger partial charge in [0.25, 0.3) is 0 Å². The zero-order valence-corrected chi connectivity index (χ0v) is 24.6. The largest absolute Gasteiger partial charge is 0.130 e. The van der Waals surface area contributed by atoms with Crippen LogP contribution in [-0.4, -0.2) is 5.75 Å². The molecule has 2 aromatic rings. The van der Waals surface area contributed by atoms with Crippen LogP contribution >= 0.6 is 41.4 Å². The summed E-state index contributed by atoms with van der Waals surface area (Å²) in [4.78, 5) is 0. The maximum Gasteiger partial charge on any atom is 0.0666 e. The van der Waals surface area contributed by atoms with Gasteiger partial charge in [-0.1, -0.05) is 151 Å². The Bertz CT molecular complexity index is 653. The lowest BCUT2D eigenvalue weighted by atomic mass is 9.87. The van der Waals surface area contributed by atoms with Crippen LogP contribution in [0.3, 0.4) is 0 Å². The first-order valence-electron chi connectivity index (χ1n) is 13.7. The van der Waals surface area contributed by atoms with E-state index in [2.05, 4.69) is 85.2 Å². The third kappa shape index (κ3) is 15.1. The fourth-order valence-electron chi connectivity index (χ4n) is 4.79. The molecule has 0 saturated heterocycles. The van der Waals surface area contributed by atoms with Gasteiger partial charge in [-0.25, -0.2) is 0 Å². The lowest BCUT2D eigenvalue weighted by Gasteiger charge is -2.18. The van der Waals surface area contributed by atoms with Crippen molar-refractivity contribution in [2.75, 3.05) is 5.75 Å². The van der Waals surface area contributed by atoms with Gasteiger partial charge in [0.1, 0.15) is 0 Å². The molecule has 0 aliphatic carbocycles. The third-order valence-electron chi connectivity index (χ3n) is 6.75. The van der Waals surface area contributed by atoms with Crippen molar-refractivity contribution >= 4 is 41.4 Å². The van der Waals surface area contributed by atoms with E-state index in [1.165, 1.54) is 120 Å². The van der Waals surface area contributed by atoms with Crippen molar-refractivity contribution in [3.63, 3.8) is 0 Å². The van der Waals surface area contributed by atoms with Crippen LogP contribution in [0.25, 0.3) is 0 Å². The minimum absolute atomic E-state index is 0.357. The Labute approximate surface area is 226 Å². The van der Waals surface area contributed by atoms with E-state index in [-0.39, 0.29) is 5.53 Å². The molecule has 0 aliphatic heterocycles. The lowest BCUT2D eigenvalue weighted by molar-refractivity contribution is 0.525. The molecule has 2 aromatic carbocycles. The van der Waals surface area contributed by atoms with Crippen molar-refractivity contribution in [2.24, 2.45) is 0 Å². The second-order valence-corrected chi connectivity index (χ2v) is 17.6. The van der Waals surface area contributed by atoms with E-state index in [0.29, 0.717) is 5.92 Å². The van der Waals surface area contributed by atoms with Gasteiger partial charge in [0.2, 0.25) is 0 Å². The van der Waals surface area contributed by atoms with Gasteiger partial charge in [-0.05, 0) is 29.7 Å². The highest BCUT2D eigenvalue weighted by Crippen LogP contribution is 2.58. The lowest BCUT2D eigenvalue weighted by Crippen LogP contribution is -2.01. The topological polar surface area (TPSA) is 0 Å². The molecule has 0 unspecified atom stereocenters. The van der Waals surface area contributed by atoms with Crippen molar-refractivity contribution in [2.45, 2.75) is 109 Å². The zero-order chi connectivity index (χ0) is 24.1. The normalized spacial score (nSPS) is 11.5. The summed E-state index contributed by atoms with van der Waals surface area (Å²) in [6.45, 7) is 0. The summed E-state index contributed by atoms with van der Waals surface area (Å²) in [6, 6.07) is 22.1. The Balaban J connectivity index is 1.40. The number of hydrogen-bond acceptors (Lipinski definition) is 3. The Morgan fingerprint density at radius 1 is 0.500 bits per heavy atom. The quantitative estimate of drug-likeness (QED) is 0.0912. The molecule has 0 spiro atoms. The summed E-state index contributed by atoms with van der Waals surface area (Å²) >= 11 is 10.6. The number of hydrogen-bond donors (Lipinski definition) is 2. The standard InChI is InChI=1S/C30H47PS3/c32-31(33)34-27-21-13-11-9-7-5-3-1-2-4-6-8-10-12-20-26-30(28-22-16-14-17-23-28)29-24-18-15-19-25-29/h14-19,22-25,30,32-33H,1-13,20-21,26-27H2. The molecule has 0 radical (unpaired) electrons. The highest BCUT2D eigenvalue weighted by Gasteiger charge is 2.13. The predicted octanol–water partition coefficient (Wildman–Crippen LogP) is 11.9. The van der Waals surface area contributed by atoms with Crippen molar-refractivity contribution in [3.8, 4) is 0 Å². The van der Waals surface area contributed by atoms with E-state index >= 15 is 0 Å². The van der Waals surface area contributed by atoms with Gasteiger partial charge >= 0.3 is 0 Å². The minimum Gasteiger partial charge on any atom is -0.130 e. The van der Waals surface area contributed by atoms with E-state index < -0.39 is 0 Å². The van der Waals surface area contributed by atoms with E-state index in [4.69, 9.17) is 0 Å². The molecule has 0 fully saturated rings. The van der Waals surface area contributed by atoms with Gasteiger partial charge in [-0.2, -0.15) is 0 Å². The molecule has 190 valence electrons.